The lowest BCUT2D eigenvalue weighted by Gasteiger charge is -2.15. The predicted octanol–water partition coefficient (Wildman–Crippen LogP) is 7.81. The van der Waals surface area contributed by atoms with E-state index in [4.69, 9.17) is 18.9 Å². The van der Waals surface area contributed by atoms with E-state index in [1.54, 1.807) is 7.11 Å². The monoisotopic (exact) mass is 492 g/mol. The first-order valence-corrected chi connectivity index (χ1v) is 12.7. The summed E-state index contributed by atoms with van der Waals surface area (Å²) < 4.78 is 22.4. The maximum atomic E-state index is 11.6. The molecule has 0 aliphatic heterocycles. The van der Waals surface area contributed by atoms with Crippen molar-refractivity contribution in [1.82, 2.24) is 0 Å². The van der Waals surface area contributed by atoms with Gasteiger partial charge in [0.25, 0.3) is 0 Å². The molecular weight excluding hydrogens is 452 g/mol. The lowest BCUT2D eigenvalue weighted by molar-refractivity contribution is -0.140. The second kappa shape index (κ2) is 15.5. The molecule has 3 rings (SSSR count). The van der Waals surface area contributed by atoms with E-state index in [1.165, 1.54) is 7.11 Å². The van der Waals surface area contributed by atoms with E-state index in [-0.39, 0.29) is 11.9 Å². The molecule has 3 aromatic rings. The van der Waals surface area contributed by atoms with Crippen LogP contribution in [0, 0.1) is 0 Å². The van der Waals surface area contributed by atoms with Crippen LogP contribution >= 0.6 is 0 Å². The number of hydrogen-bond acceptors (Lipinski definition) is 5. The van der Waals surface area contributed by atoms with Gasteiger partial charge in [-0.2, -0.15) is 0 Å². The van der Waals surface area contributed by atoms with Gasteiger partial charge in [0.1, 0.15) is 23.9 Å². The third-order valence-corrected chi connectivity index (χ3v) is 5.72. The molecule has 36 heavy (non-hydrogen) atoms. The molecule has 0 amide bonds. The highest BCUT2D eigenvalue weighted by Gasteiger charge is 2.13. The number of rotatable bonds is 12. The summed E-state index contributed by atoms with van der Waals surface area (Å²) in [4.78, 5) is 11.6. The second-order valence-corrected chi connectivity index (χ2v) is 8.31. The van der Waals surface area contributed by atoms with Crippen LogP contribution in [-0.4, -0.2) is 26.8 Å². The van der Waals surface area contributed by atoms with Crippen molar-refractivity contribution in [3.8, 4) is 28.4 Å². The number of unbranched alkanes of at least 4 members (excludes halogenated alkanes) is 1. The first-order chi connectivity index (χ1) is 17.5. The maximum absolute atomic E-state index is 11.6. The molecular formula is C31H40O5. The average molecular weight is 493 g/mol. The second-order valence-electron chi connectivity index (χ2n) is 8.31. The van der Waals surface area contributed by atoms with Crippen molar-refractivity contribution in [1.29, 1.82) is 0 Å². The van der Waals surface area contributed by atoms with E-state index in [9.17, 15) is 4.79 Å². The Balaban J connectivity index is 0.00000222. The van der Waals surface area contributed by atoms with E-state index in [0.29, 0.717) is 19.6 Å². The van der Waals surface area contributed by atoms with Gasteiger partial charge in [0.15, 0.2) is 0 Å². The lowest BCUT2D eigenvalue weighted by atomic mass is 9.98. The van der Waals surface area contributed by atoms with Crippen molar-refractivity contribution in [3.05, 3.63) is 77.9 Å². The van der Waals surface area contributed by atoms with Gasteiger partial charge in [-0.15, -0.1) is 0 Å². The van der Waals surface area contributed by atoms with Crippen LogP contribution in [0.25, 0.3) is 11.1 Å². The largest absolute Gasteiger partial charge is 0.497 e. The number of ether oxygens (including phenoxy) is 4. The van der Waals surface area contributed by atoms with Gasteiger partial charge in [-0.25, -0.2) is 0 Å². The van der Waals surface area contributed by atoms with Crippen molar-refractivity contribution in [2.45, 2.75) is 59.5 Å². The molecule has 0 radical (unpaired) electrons. The minimum absolute atomic E-state index is 0.0525. The summed E-state index contributed by atoms with van der Waals surface area (Å²) in [7, 11) is 3.08. The van der Waals surface area contributed by atoms with Crippen LogP contribution in [0.3, 0.4) is 0 Å². The molecule has 3 aromatic carbocycles. The van der Waals surface area contributed by atoms with Crippen LogP contribution in [0.2, 0.25) is 0 Å². The number of carbonyl (C=O) groups is 1. The number of esters is 1. The van der Waals surface area contributed by atoms with Crippen LogP contribution in [-0.2, 0) is 16.1 Å². The Morgan fingerprint density at radius 3 is 2.36 bits per heavy atom. The van der Waals surface area contributed by atoms with Gasteiger partial charge < -0.3 is 18.9 Å². The minimum Gasteiger partial charge on any atom is -0.497 e. The Morgan fingerprint density at radius 1 is 0.889 bits per heavy atom. The van der Waals surface area contributed by atoms with Crippen molar-refractivity contribution >= 4 is 5.97 Å². The van der Waals surface area contributed by atoms with Crippen molar-refractivity contribution in [2.75, 3.05) is 20.8 Å². The first-order valence-electron chi connectivity index (χ1n) is 12.7. The minimum atomic E-state index is -0.217. The van der Waals surface area contributed by atoms with Gasteiger partial charge in [-0.1, -0.05) is 70.5 Å². The Kier molecular flexibility index (Phi) is 12.4. The lowest BCUT2D eigenvalue weighted by Crippen LogP contribution is -2.06. The fourth-order valence-corrected chi connectivity index (χ4v) is 3.66. The smallest absolute Gasteiger partial charge is 0.306 e. The van der Waals surface area contributed by atoms with Crippen LogP contribution in [0.15, 0.2) is 66.7 Å². The molecule has 1 unspecified atom stereocenters. The third kappa shape index (κ3) is 8.63. The normalized spacial score (nSPS) is 11.1. The summed E-state index contributed by atoms with van der Waals surface area (Å²) in [6, 6.07) is 22.0. The van der Waals surface area contributed by atoms with Gasteiger partial charge in [0.05, 0.1) is 27.2 Å². The fraction of sp³-hybridized carbons (Fsp3) is 0.387. The molecule has 0 N–H and O–H groups in total. The molecule has 1 atom stereocenters. The number of methoxy groups -OCH3 is 2. The van der Waals surface area contributed by atoms with Crippen molar-refractivity contribution in [3.63, 3.8) is 0 Å². The predicted molar refractivity (Wildman–Crippen MR) is 146 cm³/mol. The molecule has 5 nitrogen and oxygen atoms in total. The highest BCUT2D eigenvalue weighted by molar-refractivity contribution is 5.72. The topological polar surface area (TPSA) is 54.0 Å². The zero-order chi connectivity index (χ0) is 26.3. The molecule has 0 fully saturated rings. The molecule has 5 heteroatoms. The highest BCUT2D eigenvalue weighted by atomic mass is 16.5. The average Bonchev–Trinajstić information content (AvgIpc) is 2.93. The molecule has 0 saturated carbocycles. The first kappa shape index (κ1) is 28.8. The fourth-order valence-electron chi connectivity index (χ4n) is 3.66. The van der Waals surface area contributed by atoms with E-state index >= 15 is 0 Å². The SMILES string of the molecule is CC.CCCCOc1cc(COc2cccc(C(C)CC(=O)OC)c2)ccc1-c1cccc(OC)c1. The van der Waals surface area contributed by atoms with Gasteiger partial charge in [0.2, 0.25) is 0 Å². The van der Waals surface area contributed by atoms with E-state index in [1.807, 2.05) is 69.3 Å². The molecule has 194 valence electrons. The van der Waals surface area contributed by atoms with Crippen LogP contribution in [0.1, 0.15) is 64.0 Å². The maximum Gasteiger partial charge on any atom is 0.306 e. The molecule has 0 aliphatic carbocycles. The van der Waals surface area contributed by atoms with E-state index in [0.717, 1.165) is 52.3 Å². The molecule has 0 aromatic heterocycles. The standard InChI is InChI=1S/C29H34O5.C2H6/c1-5-6-15-33-28-17-22(13-14-27(28)24-10-8-11-25(19-24)31-3)20-34-26-12-7-9-23(18-26)21(2)16-29(30)32-4;1-2/h7-14,17-19,21H,5-6,15-16,20H2,1-4H3;1-2H3. The zero-order valence-corrected chi connectivity index (χ0v) is 22.5. The third-order valence-electron chi connectivity index (χ3n) is 5.72. The Hall–Kier alpha value is -3.47. The molecule has 0 saturated heterocycles. The van der Waals surface area contributed by atoms with Gasteiger partial charge >= 0.3 is 5.97 Å². The van der Waals surface area contributed by atoms with Gasteiger partial charge in [-0.3, -0.25) is 4.79 Å². The van der Waals surface area contributed by atoms with Crippen molar-refractivity contribution < 1.29 is 23.7 Å². The quantitative estimate of drug-likeness (QED) is 0.191. The summed E-state index contributed by atoms with van der Waals surface area (Å²) in [5.74, 6) is 2.25. The van der Waals surface area contributed by atoms with Crippen LogP contribution in [0.5, 0.6) is 17.2 Å². The Bertz CT molecular complexity index is 1080. The summed E-state index contributed by atoms with van der Waals surface area (Å²) in [5.41, 5.74) is 4.13. The molecule has 0 aliphatic rings. The summed E-state index contributed by atoms with van der Waals surface area (Å²) >= 11 is 0. The van der Waals surface area contributed by atoms with E-state index in [2.05, 4.69) is 25.1 Å². The summed E-state index contributed by atoms with van der Waals surface area (Å²) in [6.45, 7) is 9.24. The summed E-state index contributed by atoms with van der Waals surface area (Å²) in [6.07, 6.45) is 2.40. The molecule has 0 bridgehead atoms. The molecule has 0 spiro atoms. The molecule has 0 heterocycles. The van der Waals surface area contributed by atoms with Gasteiger partial charge in [0, 0.05) is 5.56 Å². The summed E-state index contributed by atoms with van der Waals surface area (Å²) in [5, 5.41) is 0. The Morgan fingerprint density at radius 2 is 1.64 bits per heavy atom. The van der Waals surface area contributed by atoms with Crippen LogP contribution in [0.4, 0.5) is 0 Å². The zero-order valence-electron chi connectivity index (χ0n) is 22.5. The number of carbonyl (C=O) groups excluding carboxylic acids is 1. The van der Waals surface area contributed by atoms with Gasteiger partial charge in [-0.05, 0) is 59.4 Å². The van der Waals surface area contributed by atoms with Crippen molar-refractivity contribution in [2.24, 2.45) is 0 Å². The Labute approximate surface area is 216 Å². The number of benzene rings is 3. The highest BCUT2D eigenvalue weighted by Crippen LogP contribution is 2.33. The van der Waals surface area contributed by atoms with E-state index < -0.39 is 0 Å². The number of hydrogen-bond donors (Lipinski definition) is 0. The van der Waals surface area contributed by atoms with Crippen LogP contribution < -0.4 is 14.2 Å².